The number of thiocarbonyl (C=S) groups is 1. The quantitative estimate of drug-likeness (QED) is 0.879. The predicted molar refractivity (Wildman–Crippen MR) is 93.9 cm³/mol. The van der Waals surface area contributed by atoms with Crippen molar-refractivity contribution in [2.24, 2.45) is 0 Å². The van der Waals surface area contributed by atoms with Crippen LogP contribution in [0, 0.1) is 0 Å². The molecule has 2 heterocycles. The van der Waals surface area contributed by atoms with Crippen LogP contribution in [-0.2, 0) is 6.54 Å². The highest BCUT2D eigenvalue weighted by molar-refractivity contribution is 7.80. The molecule has 3 rings (SSSR count). The molecule has 1 aromatic heterocycles. The lowest BCUT2D eigenvalue weighted by Crippen LogP contribution is -2.51. The van der Waals surface area contributed by atoms with Gasteiger partial charge in [-0.05, 0) is 29.9 Å². The number of nitrogens with zero attached hydrogens (tertiary/aromatic N) is 3. The van der Waals surface area contributed by atoms with Gasteiger partial charge in [-0.2, -0.15) is 0 Å². The van der Waals surface area contributed by atoms with Crippen molar-refractivity contribution in [3.05, 3.63) is 60.3 Å². The van der Waals surface area contributed by atoms with Gasteiger partial charge < -0.3 is 15.1 Å². The summed E-state index contributed by atoms with van der Waals surface area (Å²) >= 11 is 5.51. The van der Waals surface area contributed by atoms with E-state index in [1.165, 1.54) is 5.56 Å². The van der Waals surface area contributed by atoms with Gasteiger partial charge in [0.1, 0.15) is 5.82 Å². The molecule has 0 unspecified atom stereocenters. The molecule has 1 aliphatic rings. The molecule has 0 spiro atoms. The van der Waals surface area contributed by atoms with E-state index in [2.05, 4.69) is 38.3 Å². The van der Waals surface area contributed by atoms with Crippen LogP contribution in [0.3, 0.4) is 0 Å². The monoisotopic (exact) mass is 312 g/mol. The molecule has 114 valence electrons. The van der Waals surface area contributed by atoms with Crippen LogP contribution in [0.4, 0.5) is 5.82 Å². The van der Waals surface area contributed by atoms with Crippen molar-refractivity contribution in [2.75, 3.05) is 31.1 Å². The Morgan fingerprint density at radius 2 is 1.73 bits per heavy atom. The molecule has 4 nitrogen and oxygen atoms in total. The van der Waals surface area contributed by atoms with E-state index in [-0.39, 0.29) is 0 Å². The lowest BCUT2D eigenvalue weighted by molar-refractivity contribution is 0.379. The zero-order valence-corrected chi connectivity index (χ0v) is 13.3. The van der Waals surface area contributed by atoms with Gasteiger partial charge in [0.15, 0.2) is 5.11 Å². The van der Waals surface area contributed by atoms with Crippen LogP contribution in [0.25, 0.3) is 0 Å². The fourth-order valence-electron chi connectivity index (χ4n) is 2.56. The summed E-state index contributed by atoms with van der Waals surface area (Å²) in [4.78, 5) is 8.94. The van der Waals surface area contributed by atoms with Crippen LogP contribution in [0.5, 0.6) is 0 Å². The largest absolute Gasteiger partial charge is 0.358 e. The van der Waals surface area contributed by atoms with E-state index in [1.54, 1.807) is 0 Å². The van der Waals surface area contributed by atoms with E-state index < -0.39 is 0 Å². The van der Waals surface area contributed by atoms with Gasteiger partial charge >= 0.3 is 0 Å². The maximum atomic E-state index is 5.51. The lowest BCUT2D eigenvalue weighted by Gasteiger charge is -2.36. The third-order valence-corrected chi connectivity index (χ3v) is 4.23. The third kappa shape index (κ3) is 3.74. The van der Waals surface area contributed by atoms with Gasteiger partial charge in [0.2, 0.25) is 0 Å². The number of nitrogens with one attached hydrogen (secondary N) is 1. The molecule has 1 aromatic carbocycles. The van der Waals surface area contributed by atoms with Crippen LogP contribution in [0.1, 0.15) is 5.56 Å². The Bertz CT molecular complexity index is 595. The van der Waals surface area contributed by atoms with E-state index >= 15 is 0 Å². The van der Waals surface area contributed by atoms with Crippen molar-refractivity contribution in [3.63, 3.8) is 0 Å². The molecule has 0 saturated carbocycles. The summed E-state index contributed by atoms with van der Waals surface area (Å²) < 4.78 is 0. The molecule has 0 atom stereocenters. The van der Waals surface area contributed by atoms with Gasteiger partial charge in [-0.25, -0.2) is 4.98 Å². The van der Waals surface area contributed by atoms with E-state index in [9.17, 15) is 0 Å². The van der Waals surface area contributed by atoms with Crippen molar-refractivity contribution in [1.82, 2.24) is 15.2 Å². The minimum absolute atomic E-state index is 0.778. The fraction of sp³-hybridized carbons (Fsp3) is 0.294. The summed E-state index contributed by atoms with van der Waals surface area (Å²) in [6.45, 7) is 4.53. The molecule has 0 radical (unpaired) electrons. The molecule has 0 amide bonds. The number of piperazine rings is 1. The Balaban J connectivity index is 1.48. The Morgan fingerprint density at radius 1 is 1.00 bits per heavy atom. The normalized spacial score (nSPS) is 14.7. The topological polar surface area (TPSA) is 31.4 Å². The fourth-order valence-corrected chi connectivity index (χ4v) is 2.82. The summed E-state index contributed by atoms with van der Waals surface area (Å²) in [6.07, 6.45) is 1.84. The Hall–Kier alpha value is -2.14. The summed E-state index contributed by atoms with van der Waals surface area (Å²) in [5, 5.41) is 4.18. The maximum Gasteiger partial charge on any atom is 0.169 e. The zero-order valence-electron chi connectivity index (χ0n) is 12.5. The molecule has 0 bridgehead atoms. The molecule has 0 aliphatic carbocycles. The number of rotatable bonds is 3. The molecule has 1 saturated heterocycles. The van der Waals surface area contributed by atoms with Crippen molar-refractivity contribution in [1.29, 1.82) is 0 Å². The number of anilines is 1. The SMILES string of the molecule is S=C(NCc1ccccc1)N1CCN(c2ccccn2)CC1. The van der Waals surface area contributed by atoms with Gasteiger partial charge in [0.05, 0.1) is 0 Å². The molecular weight excluding hydrogens is 292 g/mol. The molecule has 1 aliphatic heterocycles. The van der Waals surface area contributed by atoms with Crippen LogP contribution >= 0.6 is 12.2 Å². The molecular formula is C17H20N4S. The number of aromatic nitrogens is 1. The Labute approximate surface area is 136 Å². The number of benzene rings is 1. The molecule has 1 N–H and O–H groups in total. The second-order valence-corrected chi connectivity index (χ2v) is 5.69. The minimum atomic E-state index is 0.778. The summed E-state index contributed by atoms with van der Waals surface area (Å²) in [6, 6.07) is 16.4. The standard InChI is InChI=1S/C17H20N4S/c22-17(19-14-15-6-2-1-3-7-15)21-12-10-20(11-13-21)16-8-4-5-9-18-16/h1-9H,10-14H2,(H,19,22). The highest BCUT2D eigenvalue weighted by Crippen LogP contribution is 2.12. The number of hydrogen-bond donors (Lipinski definition) is 1. The van der Waals surface area contributed by atoms with E-state index in [1.807, 2.05) is 36.5 Å². The van der Waals surface area contributed by atoms with Crippen molar-refractivity contribution in [2.45, 2.75) is 6.54 Å². The van der Waals surface area contributed by atoms with Gasteiger partial charge in [0.25, 0.3) is 0 Å². The van der Waals surface area contributed by atoms with Gasteiger partial charge in [-0.15, -0.1) is 0 Å². The number of pyridine rings is 1. The summed E-state index contributed by atoms with van der Waals surface area (Å²) in [7, 11) is 0. The molecule has 2 aromatic rings. The van der Waals surface area contributed by atoms with Crippen molar-refractivity contribution >= 4 is 23.1 Å². The van der Waals surface area contributed by atoms with Crippen LogP contribution in [0.2, 0.25) is 0 Å². The minimum Gasteiger partial charge on any atom is -0.358 e. The number of hydrogen-bond acceptors (Lipinski definition) is 3. The first-order valence-electron chi connectivity index (χ1n) is 7.55. The van der Waals surface area contributed by atoms with Gasteiger partial charge in [-0.3, -0.25) is 0 Å². The lowest BCUT2D eigenvalue weighted by atomic mass is 10.2. The maximum absolute atomic E-state index is 5.51. The smallest absolute Gasteiger partial charge is 0.169 e. The second-order valence-electron chi connectivity index (χ2n) is 5.31. The van der Waals surface area contributed by atoms with Crippen LogP contribution in [0.15, 0.2) is 54.7 Å². The Morgan fingerprint density at radius 3 is 2.41 bits per heavy atom. The first-order valence-corrected chi connectivity index (χ1v) is 7.96. The first kappa shape index (κ1) is 14.8. The first-order chi connectivity index (χ1) is 10.8. The second kappa shape index (κ2) is 7.22. The van der Waals surface area contributed by atoms with Crippen LogP contribution < -0.4 is 10.2 Å². The van der Waals surface area contributed by atoms with Crippen LogP contribution in [-0.4, -0.2) is 41.2 Å². The predicted octanol–water partition coefficient (Wildman–Crippen LogP) is 2.28. The zero-order chi connectivity index (χ0) is 15.2. The summed E-state index contributed by atoms with van der Waals surface area (Å²) in [5.41, 5.74) is 1.25. The van der Waals surface area contributed by atoms with Crippen molar-refractivity contribution < 1.29 is 0 Å². The van der Waals surface area contributed by atoms with E-state index in [0.717, 1.165) is 43.7 Å². The highest BCUT2D eigenvalue weighted by Gasteiger charge is 2.19. The average Bonchev–Trinajstić information content (AvgIpc) is 2.61. The van der Waals surface area contributed by atoms with Gasteiger partial charge in [0, 0.05) is 38.9 Å². The molecule has 5 heteroatoms. The molecule has 22 heavy (non-hydrogen) atoms. The Kier molecular flexibility index (Phi) is 4.85. The van der Waals surface area contributed by atoms with E-state index in [4.69, 9.17) is 12.2 Å². The average molecular weight is 312 g/mol. The summed E-state index contributed by atoms with van der Waals surface area (Å²) in [5.74, 6) is 1.05. The highest BCUT2D eigenvalue weighted by atomic mass is 32.1. The van der Waals surface area contributed by atoms with E-state index in [0.29, 0.717) is 0 Å². The van der Waals surface area contributed by atoms with Gasteiger partial charge in [-0.1, -0.05) is 36.4 Å². The third-order valence-electron chi connectivity index (χ3n) is 3.83. The van der Waals surface area contributed by atoms with Crippen molar-refractivity contribution in [3.8, 4) is 0 Å². The molecule has 1 fully saturated rings.